The lowest BCUT2D eigenvalue weighted by Crippen LogP contribution is -2.34. The molecule has 0 spiro atoms. The molecule has 0 amide bonds. The van der Waals surface area contributed by atoms with Gasteiger partial charge in [0.1, 0.15) is 17.2 Å². The molecular formula is C19H29ClN6O5S. The Labute approximate surface area is 192 Å². The molecule has 2 aromatic rings. The lowest BCUT2D eigenvalue weighted by molar-refractivity contribution is 0.0875. The molecule has 1 aliphatic carbocycles. The van der Waals surface area contributed by atoms with Crippen LogP contribution in [-0.2, 0) is 24.2 Å². The fourth-order valence-electron chi connectivity index (χ4n) is 3.62. The maximum Gasteiger partial charge on any atom is 0.240 e. The molecule has 0 saturated heterocycles. The van der Waals surface area contributed by atoms with E-state index in [1.54, 1.807) is 18.8 Å². The highest BCUT2D eigenvalue weighted by Gasteiger charge is 2.36. The summed E-state index contributed by atoms with van der Waals surface area (Å²) >= 11 is 5.84. The van der Waals surface area contributed by atoms with Crippen molar-refractivity contribution in [2.45, 2.75) is 49.5 Å². The molecule has 13 heteroatoms. The Bertz CT molecular complexity index is 977. The number of hydrogen-bond donors (Lipinski definition) is 1. The minimum Gasteiger partial charge on any atom is -0.382 e. The second kappa shape index (κ2) is 10.8. The van der Waals surface area contributed by atoms with Crippen LogP contribution < -0.4 is 4.72 Å². The van der Waals surface area contributed by atoms with Crippen molar-refractivity contribution in [3.63, 3.8) is 0 Å². The van der Waals surface area contributed by atoms with E-state index >= 15 is 0 Å². The van der Waals surface area contributed by atoms with Crippen molar-refractivity contribution in [1.82, 2.24) is 24.7 Å². The van der Waals surface area contributed by atoms with Crippen LogP contribution in [-0.4, -0.2) is 72.9 Å². The molecule has 1 saturated carbocycles. The molecule has 2 atom stereocenters. The lowest BCUT2D eigenvalue weighted by atomic mass is 9.84. The second-order valence-corrected chi connectivity index (χ2v) is 10.2. The first kappa shape index (κ1) is 24.8. The number of nitrogens with one attached hydrogen (secondary N) is 1. The number of rotatable bonds is 12. The summed E-state index contributed by atoms with van der Waals surface area (Å²) in [6.45, 7) is 2.15. The molecule has 32 heavy (non-hydrogen) atoms. The largest absolute Gasteiger partial charge is 0.382 e. The number of anilines is 1. The fraction of sp³-hybridized carbons (Fsp3) is 0.684. The number of hydrogen-bond acceptors (Lipinski definition) is 9. The maximum atomic E-state index is 13.3. The van der Waals surface area contributed by atoms with Crippen LogP contribution in [0, 0.1) is 0 Å². The maximum absolute atomic E-state index is 13.3. The van der Waals surface area contributed by atoms with Crippen molar-refractivity contribution < 1.29 is 22.6 Å². The Morgan fingerprint density at radius 2 is 1.78 bits per heavy atom. The van der Waals surface area contributed by atoms with Crippen molar-refractivity contribution in [3.05, 3.63) is 29.1 Å². The summed E-state index contributed by atoms with van der Waals surface area (Å²) in [7, 11) is 0.600. The Hall–Kier alpha value is -1.86. The van der Waals surface area contributed by atoms with Crippen molar-refractivity contribution in [3.8, 4) is 0 Å². The van der Waals surface area contributed by atoms with Gasteiger partial charge in [-0.2, -0.15) is 0 Å². The molecule has 3 rings (SSSR count). The molecule has 1 N–H and O–H groups in total. The first-order valence-corrected chi connectivity index (χ1v) is 12.2. The molecule has 0 unspecified atom stereocenters. The fourth-order valence-corrected chi connectivity index (χ4v) is 4.85. The van der Waals surface area contributed by atoms with Gasteiger partial charge < -0.3 is 14.2 Å². The highest BCUT2D eigenvalue weighted by molar-refractivity contribution is 7.93. The van der Waals surface area contributed by atoms with Crippen LogP contribution in [0.5, 0.6) is 0 Å². The zero-order chi connectivity index (χ0) is 23.3. The lowest BCUT2D eigenvalue weighted by Gasteiger charge is -2.29. The van der Waals surface area contributed by atoms with Crippen molar-refractivity contribution in [2.24, 2.45) is 0 Å². The van der Waals surface area contributed by atoms with E-state index in [4.69, 9.17) is 25.8 Å². The Morgan fingerprint density at radius 3 is 2.28 bits per heavy atom. The topological polar surface area (TPSA) is 130 Å². The number of ether oxygens (including phenoxy) is 3. The first-order valence-electron chi connectivity index (χ1n) is 10.3. The van der Waals surface area contributed by atoms with E-state index in [-0.39, 0.29) is 23.7 Å². The SMILES string of the molecule is COCC(COC)n1c(NS(=O)(=O)[C@@H](C)[C@H](OC)c2ncc(Cl)cn2)nnc1C1CCC1. The molecule has 2 aromatic heterocycles. The van der Waals surface area contributed by atoms with Crippen LogP contribution in [0.2, 0.25) is 5.02 Å². The van der Waals surface area contributed by atoms with Crippen LogP contribution in [0.4, 0.5) is 5.95 Å². The van der Waals surface area contributed by atoms with E-state index in [1.165, 1.54) is 26.4 Å². The van der Waals surface area contributed by atoms with Gasteiger partial charge in [0.05, 0.1) is 24.3 Å². The molecule has 0 aliphatic heterocycles. The van der Waals surface area contributed by atoms with E-state index in [1.807, 2.05) is 0 Å². The van der Waals surface area contributed by atoms with Crippen LogP contribution in [0.25, 0.3) is 0 Å². The number of aromatic nitrogens is 5. The number of nitrogens with zero attached hydrogens (tertiary/aromatic N) is 5. The first-order chi connectivity index (χ1) is 15.3. The third-order valence-corrected chi connectivity index (χ3v) is 7.46. The highest BCUT2D eigenvalue weighted by atomic mass is 35.5. The average Bonchev–Trinajstić information content (AvgIpc) is 3.10. The van der Waals surface area contributed by atoms with Crippen LogP contribution in [0.1, 0.15) is 55.9 Å². The number of sulfonamides is 1. The number of halogens is 1. The van der Waals surface area contributed by atoms with Gasteiger partial charge in [0.2, 0.25) is 16.0 Å². The predicted octanol–water partition coefficient (Wildman–Crippen LogP) is 2.34. The Morgan fingerprint density at radius 1 is 1.16 bits per heavy atom. The smallest absolute Gasteiger partial charge is 0.240 e. The Kier molecular flexibility index (Phi) is 8.39. The number of methoxy groups -OCH3 is 3. The summed E-state index contributed by atoms with van der Waals surface area (Å²) < 4.78 is 47.0. The molecule has 178 valence electrons. The van der Waals surface area contributed by atoms with Crippen LogP contribution in [0.15, 0.2) is 12.4 Å². The predicted molar refractivity (Wildman–Crippen MR) is 118 cm³/mol. The second-order valence-electron chi connectivity index (χ2n) is 7.71. The van der Waals surface area contributed by atoms with Gasteiger partial charge in [-0.1, -0.05) is 18.0 Å². The standard InChI is InChI=1S/C19H29ClN6O5S/c1-12(16(31-4)17-21-8-14(20)9-22-17)32(27,28)25-19-24-23-18(13-6-5-7-13)26(19)15(10-29-2)11-30-3/h8-9,12-13,15-16H,5-7,10-11H2,1-4H3,(H,24,25)/t12-,16-/m0/s1. The molecule has 2 heterocycles. The van der Waals surface area contributed by atoms with Crippen molar-refractivity contribution in [1.29, 1.82) is 0 Å². The third kappa shape index (κ3) is 5.37. The summed E-state index contributed by atoms with van der Waals surface area (Å²) in [5.41, 5.74) is 0. The highest BCUT2D eigenvalue weighted by Crippen LogP contribution is 2.38. The van der Waals surface area contributed by atoms with Gasteiger partial charge >= 0.3 is 0 Å². The average molecular weight is 489 g/mol. The van der Waals surface area contributed by atoms with E-state index in [0.717, 1.165) is 25.1 Å². The summed E-state index contributed by atoms with van der Waals surface area (Å²) in [6.07, 6.45) is 4.93. The molecule has 1 aliphatic rings. The Balaban J connectivity index is 1.91. The summed E-state index contributed by atoms with van der Waals surface area (Å²) in [5.74, 6) is 1.28. The van der Waals surface area contributed by atoms with E-state index in [9.17, 15) is 8.42 Å². The summed E-state index contributed by atoms with van der Waals surface area (Å²) in [6, 6.07) is -0.290. The van der Waals surface area contributed by atoms with Crippen LogP contribution in [0.3, 0.4) is 0 Å². The normalized spacial score (nSPS) is 16.7. The summed E-state index contributed by atoms with van der Waals surface area (Å²) in [4.78, 5) is 8.21. The monoisotopic (exact) mass is 488 g/mol. The van der Waals surface area contributed by atoms with Crippen LogP contribution >= 0.6 is 11.6 Å². The third-order valence-electron chi connectivity index (χ3n) is 5.57. The molecule has 0 aromatic carbocycles. The molecule has 0 bridgehead atoms. The quantitative estimate of drug-likeness (QED) is 0.478. The van der Waals surface area contributed by atoms with E-state index < -0.39 is 21.4 Å². The van der Waals surface area contributed by atoms with Gasteiger partial charge in [-0.25, -0.2) is 18.4 Å². The molecule has 11 nitrogen and oxygen atoms in total. The van der Waals surface area contributed by atoms with Crippen molar-refractivity contribution in [2.75, 3.05) is 39.3 Å². The van der Waals surface area contributed by atoms with Gasteiger partial charge in [0, 0.05) is 39.6 Å². The molecular weight excluding hydrogens is 460 g/mol. The minimum atomic E-state index is -3.96. The van der Waals surface area contributed by atoms with E-state index in [2.05, 4.69) is 24.9 Å². The van der Waals surface area contributed by atoms with Gasteiger partial charge in [0.15, 0.2) is 5.82 Å². The zero-order valence-corrected chi connectivity index (χ0v) is 20.1. The van der Waals surface area contributed by atoms with Gasteiger partial charge in [-0.3, -0.25) is 9.29 Å². The van der Waals surface area contributed by atoms with E-state index in [0.29, 0.717) is 18.2 Å². The minimum absolute atomic E-state index is 0.115. The zero-order valence-electron chi connectivity index (χ0n) is 18.6. The van der Waals surface area contributed by atoms with Gasteiger partial charge in [0.25, 0.3) is 0 Å². The van der Waals surface area contributed by atoms with Crippen molar-refractivity contribution >= 4 is 27.6 Å². The summed E-state index contributed by atoms with van der Waals surface area (Å²) in [5, 5.41) is 7.78. The van der Waals surface area contributed by atoms with Gasteiger partial charge in [-0.15, -0.1) is 10.2 Å². The molecule has 1 fully saturated rings. The molecule has 0 radical (unpaired) electrons. The van der Waals surface area contributed by atoms with Gasteiger partial charge in [-0.05, 0) is 19.8 Å².